The van der Waals surface area contributed by atoms with E-state index in [0.29, 0.717) is 23.6 Å². The number of aliphatic imine (C=N–C) groups is 1. The van der Waals surface area contributed by atoms with Crippen LogP contribution in [0.2, 0.25) is 0 Å². The first-order valence-electron chi connectivity index (χ1n) is 17.8. The molecule has 2 N–H and O–H groups in total. The van der Waals surface area contributed by atoms with E-state index in [9.17, 15) is 19.8 Å². The summed E-state index contributed by atoms with van der Waals surface area (Å²) in [6.07, 6.45) is 1.19. The van der Waals surface area contributed by atoms with Crippen LogP contribution in [0, 0.1) is 35.5 Å². The predicted molar refractivity (Wildman–Crippen MR) is 190 cm³/mol. The standard InChI is InChI=1S/C38H56N4O8/c1-11-31-38(10,46)35-25(6)33(40-27(8)43)23(4)19-37(9,32(22(2)3)24(5)34(44)26(7)36(45)49-31)48-21-28(20-47-35)41-50-30-15-13-29(14-16-30)42-18-12-17-39-42/h12-18,22-26,31-32,34-35,44,46H,11,19-21H2,1-10H3/b40-33+,41-28+/t23-,24-,25+,26-,31-,32-,34+,35?,37-,38-/m1/s1. The molecule has 276 valence electrons. The average molecular weight is 697 g/mol. The zero-order valence-electron chi connectivity index (χ0n) is 31.2. The number of rotatable bonds is 5. The van der Waals surface area contributed by atoms with Gasteiger partial charge in [0, 0.05) is 30.9 Å². The average Bonchev–Trinajstić information content (AvgIpc) is 3.60. The maximum atomic E-state index is 13.6. The normalized spacial score (nSPS) is 36.4. The van der Waals surface area contributed by atoms with Crippen LogP contribution in [0.1, 0.15) is 82.1 Å². The number of hydrogen-bond donors (Lipinski definition) is 2. The van der Waals surface area contributed by atoms with Crippen molar-refractivity contribution in [3.63, 3.8) is 0 Å². The summed E-state index contributed by atoms with van der Waals surface area (Å²) >= 11 is 0. The molecule has 50 heavy (non-hydrogen) atoms. The molecule has 2 aromatic rings. The van der Waals surface area contributed by atoms with Crippen LogP contribution in [-0.4, -0.2) is 86.0 Å². The largest absolute Gasteiger partial charge is 0.459 e. The van der Waals surface area contributed by atoms with Gasteiger partial charge in [0.15, 0.2) is 5.75 Å². The van der Waals surface area contributed by atoms with Gasteiger partial charge in [-0.15, -0.1) is 0 Å². The molecule has 0 saturated carbocycles. The van der Waals surface area contributed by atoms with Gasteiger partial charge in [-0.1, -0.05) is 46.7 Å². The molecule has 2 aliphatic rings. The highest BCUT2D eigenvalue weighted by Gasteiger charge is 2.51. The predicted octanol–water partition coefficient (Wildman–Crippen LogP) is 5.42. The van der Waals surface area contributed by atoms with Crippen molar-refractivity contribution in [3.05, 3.63) is 42.7 Å². The topological polar surface area (TPSA) is 154 Å². The fraction of sp³-hybridized carbons (Fsp3) is 0.658. The quantitative estimate of drug-likeness (QED) is 0.308. The molecule has 10 atom stereocenters. The van der Waals surface area contributed by atoms with Crippen LogP contribution >= 0.6 is 0 Å². The Labute approximate surface area is 296 Å². The second-order valence-corrected chi connectivity index (χ2v) is 14.9. The number of benzene rings is 1. The molecule has 12 nitrogen and oxygen atoms in total. The van der Waals surface area contributed by atoms with Crippen molar-refractivity contribution >= 4 is 23.3 Å². The van der Waals surface area contributed by atoms with E-state index in [-0.39, 0.29) is 43.3 Å². The maximum absolute atomic E-state index is 13.6. The van der Waals surface area contributed by atoms with Gasteiger partial charge >= 0.3 is 5.97 Å². The van der Waals surface area contributed by atoms with Crippen molar-refractivity contribution in [1.82, 2.24) is 9.78 Å². The van der Waals surface area contributed by atoms with E-state index >= 15 is 0 Å². The van der Waals surface area contributed by atoms with Gasteiger partial charge < -0.3 is 29.3 Å². The Balaban J connectivity index is 1.88. The molecule has 0 aliphatic carbocycles. The molecule has 1 aromatic heterocycles. The number of cyclic esters (lactones) is 1. The molecule has 0 spiro atoms. The van der Waals surface area contributed by atoms with Gasteiger partial charge in [-0.25, -0.2) is 9.67 Å². The van der Waals surface area contributed by atoms with E-state index in [1.54, 1.807) is 36.9 Å². The number of amides is 1. The molecule has 1 unspecified atom stereocenters. The number of aromatic nitrogens is 2. The van der Waals surface area contributed by atoms with Gasteiger partial charge in [-0.05, 0) is 87.6 Å². The number of hydrogen-bond acceptors (Lipinski definition) is 10. The van der Waals surface area contributed by atoms with Crippen molar-refractivity contribution in [1.29, 1.82) is 0 Å². The van der Waals surface area contributed by atoms with Crippen molar-refractivity contribution in [2.24, 2.45) is 45.7 Å². The molecular weight excluding hydrogens is 640 g/mol. The Kier molecular flexibility index (Phi) is 12.8. The molecule has 2 fully saturated rings. The van der Waals surface area contributed by atoms with E-state index in [2.05, 4.69) is 29.1 Å². The minimum absolute atomic E-state index is 0.0155. The molecule has 3 heterocycles. The first-order chi connectivity index (χ1) is 23.5. The Hall–Kier alpha value is -3.45. The van der Waals surface area contributed by atoms with Gasteiger partial charge in [0.05, 0.1) is 42.6 Å². The van der Waals surface area contributed by atoms with E-state index in [1.807, 2.05) is 59.0 Å². The Morgan fingerprint density at radius 3 is 2.38 bits per heavy atom. The lowest BCUT2D eigenvalue weighted by atomic mass is 9.66. The summed E-state index contributed by atoms with van der Waals surface area (Å²) in [6.45, 7) is 18.3. The second kappa shape index (κ2) is 16.3. The SMILES string of the molecule is CC[C@H]1OC(=O)[C@H](C)[C@@H](O)[C@H](C)[C@@H](C(C)C)[C@@]2(C)C[C@@H](C)/C(=N\C(C)=O)[C@H](C)C(OC/C(=N\Oc3ccc(-n4cccn4)cc3)CO2)[C@]1(C)O. The van der Waals surface area contributed by atoms with Gasteiger partial charge in [0.1, 0.15) is 17.4 Å². The minimum atomic E-state index is -1.74. The van der Waals surface area contributed by atoms with Crippen LogP contribution in [0.5, 0.6) is 5.75 Å². The molecular formula is C38H56N4O8. The van der Waals surface area contributed by atoms with E-state index in [4.69, 9.17) is 19.0 Å². The molecule has 2 saturated heterocycles. The molecule has 1 amide bonds. The summed E-state index contributed by atoms with van der Waals surface area (Å²) in [6, 6.07) is 9.15. The van der Waals surface area contributed by atoms with Crippen LogP contribution in [0.15, 0.2) is 52.9 Å². The molecule has 4 rings (SSSR count). The molecule has 2 aliphatic heterocycles. The summed E-state index contributed by atoms with van der Waals surface area (Å²) in [5, 5.41) is 32.8. The zero-order valence-corrected chi connectivity index (χ0v) is 31.2. The third-order valence-electron chi connectivity index (χ3n) is 10.6. The number of aliphatic hydroxyl groups is 2. The lowest BCUT2D eigenvalue weighted by Crippen LogP contribution is -2.58. The van der Waals surface area contributed by atoms with Crippen LogP contribution in [0.4, 0.5) is 0 Å². The number of esters is 1. The molecule has 2 bridgehead atoms. The highest BCUT2D eigenvalue weighted by Crippen LogP contribution is 2.44. The second-order valence-electron chi connectivity index (χ2n) is 14.9. The van der Waals surface area contributed by atoms with Gasteiger partial charge in [-0.3, -0.25) is 9.59 Å². The van der Waals surface area contributed by atoms with Gasteiger partial charge in [-0.2, -0.15) is 5.10 Å². The zero-order chi connectivity index (χ0) is 37.0. The monoisotopic (exact) mass is 696 g/mol. The fourth-order valence-electron chi connectivity index (χ4n) is 8.27. The number of fused-ring (bicyclic) bond motifs is 5. The minimum Gasteiger partial charge on any atom is -0.459 e. The first-order valence-corrected chi connectivity index (χ1v) is 17.8. The molecule has 12 heteroatoms. The number of oxime groups is 1. The smallest absolute Gasteiger partial charge is 0.311 e. The van der Waals surface area contributed by atoms with Crippen LogP contribution < -0.4 is 4.84 Å². The van der Waals surface area contributed by atoms with Gasteiger partial charge in [0.2, 0.25) is 5.91 Å². The van der Waals surface area contributed by atoms with Crippen molar-refractivity contribution in [2.45, 2.75) is 112 Å². The summed E-state index contributed by atoms with van der Waals surface area (Å²) in [4.78, 5) is 36.6. The summed E-state index contributed by atoms with van der Waals surface area (Å²) in [7, 11) is 0. The fourth-order valence-corrected chi connectivity index (χ4v) is 8.27. The number of nitrogens with zero attached hydrogens (tertiary/aromatic N) is 4. The van der Waals surface area contributed by atoms with Crippen molar-refractivity contribution in [3.8, 4) is 11.4 Å². The summed E-state index contributed by atoms with van der Waals surface area (Å²) in [5.41, 5.74) is -0.816. The van der Waals surface area contributed by atoms with Crippen LogP contribution in [-0.2, 0) is 23.8 Å². The van der Waals surface area contributed by atoms with Crippen LogP contribution in [0.25, 0.3) is 5.69 Å². The summed E-state index contributed by atoms with van der Waals surface area (Å²) in [5.74, 6) is -2.91. The number of ether oxygens (including phenoxy) is 3. The third kappa shape index (κ3) is 8.70. The number of aliphatic hydroxyl groups excluding tert-OH is 1. The third-order valence-corrected chi connectivity index (χ3v) is 10.6. The Bertz CT molecular complexity index is 1500. The number of carbonyl (C=O) groups is 2. The molecule has 1 aromatic carbocycles. The Morgan fingerprint density at radius 1 is 1.12 bits per heavy atom. The van der Waals surface area contributed by atoms with Crippen molar-refractivity contribution < 1.29 is 38.9 Å². The van der Waals surface area contributed by atoms with E-state index in [1.165, 1.54) is 6.92 Å². The summed E-state index contributed by atoms with van der Waals surface area (Å²) < 4.78 is 21.2. The lowest BCUT2D eigenvalue weighted by molar-refractivity contribution is -0.195. The first kappa shape index (κ1) is 39.3. The highest BCUT2D eigenvalue weighted by atomic mass is 16.6. The lowest BCUT2D eigenvalue weighted by Gasteiger charge is -2.47. The highest BCUT2D eigenvalue weighted by molar-refractivity contribution is 5.98. The Morgan fingerprint density at radius 2 is 1.80 bits per heavy atom. The van der Waals surface area contributed by atoms with E-state index < -0.39 is 53.2 Å². The van der Waals surface area contributed by atoms with Crippen LogP contribution in [0.3, 0.4) is 0 Å². The van der Waals surface area contributed by atoms with Gasteiger partial charge in [0.25, 0.3) is 0 Å². The van der Waals surface area contributed by atoms with Crippen molar-refractivity contribution in [2.75, 3.05) is 13.2 Å². The molecule has 0 radical (unpaired) electrons. The number of carbonyl (C=O) groups excluding carboxylic acids is 2. The van der Waals surface area contributed by atoms with E-state index in [0.717, 1.165) is 5.69 Å². The maximum Gasteiger partial charge on any atom is 0.311 e.